The minimum absolute atomic E-state index is 0.0585. The van der Waals surface area contributed by atoms with Crippen LogP contribution in [0.15, 0.2) is 70.5 Å². The van der Waals surface area contributed by atoms with Gasteiger partial charge in [-0.25, -0.2) is 0 Å². The number of hydrogen-bond donors (Lipinski definition) is 2. The number of non-ortho nitro benzene ring substituents is 2. The van der Waals surface area contributed by atoms with E-state index in [1.165, 1.54) is 25.3 Å². The van der Waals surface area contributed by atoms with Crippen molar-refractivity contribution >= 4 is 31.6 Å². The van der Waals surface area contributed by atoms with Crippen LogP contribution in [0.1, 0.15) is 0 Å². The smallest absolute Gasteiger partial charge is 0.341 e. The highest BCUT2D eigenvalue weighted by Gasteiger charge is 2.31. The third-order valence-electron chi connectivity index (χ3n) is 5.21. The number of nitro groups is 2. The minimum Gasteiger partial charge on any atom is -0.494 e. The number of nitro benzene ring substituents is 2. The molecule has 0 aliphatic heterocycles. The number of methoxy groups -OCH3 is 1. The van der Waals surface area contributed by atoms with Crippen LogP contribution in [0.3, 0.4) is 0 Å². The van der Waals surface area contributed by atoms with Gasteiger partial charge < -0.3 is 4.74 Å². The van der Waals surface area contributed by atoms with E-state index in [-0.39, 0.29) is 34.1 Å². The summed E-state index contributed by atoms with van der Waals surface area (Å²) in [7, 11) is -8.72. The maximum absolute atomic E-state index is 12.1. The zero-order valence-electron chi connectivity index (χ0n) is 19.3. The second-order valence-electron chi connectivity index (χ2n) is 7.60. The standard InChI is InChI=1S/C20H14N6O11S2/c1-37-18-10-14(26(29)30)6-9-17(18)24-22-20(21-23(24)12-2-4-13(5-3-12)25(27)28)16-8-7-15(38(31,32)33)11-19(16)39(34,35)36/h2-11H,1H3,(H-,31,32,33,34,35,36)/p+1. The van der Waals surface area contributed by atoms with Crippen molar-refractivity contribution in [2.75, 3.05) is 7.11 Å². The lowest BCUT2D eigenvalue weighted by Crippen LogP contribution is -2.43. The van der Waals surface area contributed by atoms with Gasteiger partial charge in [0.1, 0.15) is 4.90 Å². The summed E-state index contributed by atoms with van der Waals surface area (Å²) in [6, 6.07) is 10.6. The van der Waals surface area contributed by atoms with Crippen LogP contribution in [0.2, 0.25) is 0 Å². The summed E-state index contributed by atoms with van der Waals surface area (Å²) < 4.78 is 71.6. The van der Waals surface area contributed by atoms with E-state index in [0.29, 0.717) is 6.07 Å². The van der Waals surface area contributed by atoms with Crippen molar-refractivity contribution in [3.63, 3.8) is 0 Å². The number of aromatic nitrogens is 4. The number of benzene rings is 3. The molecule has 17 nitrogen and oxygen atoms in total. The molecule has 0 fully saturated rings. The topological polar surface area (TPSA) is 239 Å². The quantitative estimate of drug-likeness (QED) is 0.130. The summed E-state index contributed by atoms with van der Waals surface area (Å²) in [6.45, 7) is 0. The molecule has 0 radical (unpaired) electrons. The molecule has 4 rings (SSSR count). The molecule has 39 heavy (non-hydrogen) atoms. The van der Waals surface area contributed by atoms with E-state index in [0.717, 1.165) is 46.0 Å². The Morgan fingerprint density at radius 3 is 2.03 bits per heavy atom. The predicted molar refractivity (Wildman–Crippen MR) is 128 cm³/mol. The highest BCUT2D eigenvalue weighted by molar-refractivity contribution is 7.86. The van der Waals surface area contributed by atoms with Gasteiger partial charge in [-0.3, -0.25) is 29.3 Å². The first kappa shape index (κ1) is 27.2. The fraction of sp³-hybridized carbons (Fsp3) is 0.0500. The average molecular weight is 580 g/mol. The molecule has 0 saturated heterocycles. The zero-order valence-corrected chi connectivity index (χ0v) is 21.0. The maximum Gasteiger partial charge on any atom is 0.341 e. The largest absolute Gasteiger partial charge is 0.494 e. The number of rotatable bonds is 8. The third kappa shape index (κ3) is 5.40. The molecule has 0 atom stereocenters. The Hall–Kier alpha value is -4.85. The summed E-state index contributed by atoms with van der Waals surface area (Å²) in [5, 5.41) is 30.8. The third-order valence-corrected chi connectivity index (χ3v) is 6.95. The Kier molecular flexibility index (Phi) is 6.83. The molecule has 0 amide bonds. The van der Waals surface area contributed by atoms with Gasteiger partial charge in [-0.2, -0.15) is 16.8 Å². The van der Waals surface area contributed by atoms with Crippen molar-refractivity contribution in [2.45, 2.75) is 9.79 Å². The van der Waals surface area contributed by atoms with Crippen LogP contribution in [-0.4, -0.2) is 57.9 Å². The molecule has 2 N–H and O–H groups in total. The number of nitrogens with zero attached hydrogens (tertiary/aromatic N) is 6. The molecule has 0 aliphatic carbocycles. The van der Waals surface area contributed by atoms with Gasteiger partial charge in [0, 0.05) is 23.0 Å². The van der Waals surface area contributed by atoms with Crippen molar-refractivity contribution in [2.24, 2.45) is 0 Å². The zero-order chi connectivity index (χ0) is 28.7. The van der Waals surface area contributed by atoms with Crippen molar-refractivity contribution < 1.29 is 45.3 Å². The minimum atomic E-state index is -5.09. The van der Waals surface area contributed by atoms with Gasteiger partial charge in [0.05, 0.1) is 38.6 Å². The molecule has 0 unspecified atom stereocenters. The van der Waals surface area contributed by atoms with Crippen molar-refractivity contribution in [1.29, 1.82) is 0 Å². The first-order valence-electron chi connectivity index (χ1n) is 10.3. The fourth-order valence-electron chi connectivity index (χ4n) is 3.43. The number of ether oxygens (including phenoxy) is 1. The Labute approximate surface area is 218 Å². The summed E-state index contributed by atoms with van der Waals surface area (Å²) in [5.41, 5.74) is -0.758. The van der Waals surface area contributed by atoms with E-state index in [9.17, 15) is 46.2 Å². The molecule has 1 aromatic heterocycles. The Bertz CT molecular complexity index is 1850. The number of tetrazole rings is 1. The Balaban J connectivity index is 2.03. The summed E-state index contributed by atoms with van der Waals surface area (Å²) in [5.74, 6) is -0.462. The normalized spacial score (nSPS) is 11.8. The van der Waals surface area contributed by atoms with Crippen LogP contribution >= 0.6 is 0 Å². The Morgan fingerprint density at radius 1 is 0.872 bits per heavy atom. The molecule has 0 spiro atoms. The first-order chi connectivity index (χ1) is 18.2. The fourth-order valence-corrected chi connectivity index (χ4v) is 4.72. The van der Waals surface area contributed by atoms with E-state index in [4.69, 9.17) is 4.74 Å². The summed E-state index contributed by atoms with van der Waals surface area (Å²) in [6.07, 6.45) is 0. The Morgan fingerprint density at radius 2 is 1.49 bits per heavy atom. The van der Waals surface area contributed by atoms with Crippen molar-refractivity contribution in [3.8, 4) is 28.5 Å². The van der Waals surface area contributed by atoms with E-state index in [1.54, 1.807) is 0 Å². The van der Waals surface area contributed by atoms with Crippen LogP contribution in [0.25, 0.3) is 22.8 Å². The van der Waals surface area contributed by atoms with E-state index >= 15 is 0 Å². The highest BCUT2D eigenvalue weighted by atomic mass is 32.2. The molecule has 0 saturated carbocycles. The molecule has 0 bridgehead atoms. The SMILES string of the molecule is COc1cc([N+](=O)[O-])ccc1-n1nc(-c2ccc(S(=O)(=O)O)cc2S(=O)(=O)O)n[n+]1-c1ccc([N+](=O)[O-])cc1. The van der Waals surface area contributed by atoms with Gasteiger partial charge in [-0.05, 0) is 46.3 Å². The van der Waals surface area contributed by atoms with Crippen LogP contribution < -0.4 is 9.53 Å². The first-order valence-corrected chi connectivity index (χ1v) is 13.2. The second-order valence-corrected chi connectivity index (χ2v) is 10.4. The van der Waals surface area contributed by atoms with E-state index < -0.39 is 45.7 Å². The molecule has 3 aromatic carbocycles. The molecule has 4 aromatic rings. The maximum atomic E-state index is 12.1. The molecular formula is C20H15N6O11S2+. The van der Waals surface area contributed by atoms with Crippen LogP contribution in [0, 0.1) is 20.2 Å². The van der Waals surface area contributed by atoms with Gasteiger partial charge in [0.15, 0.2) is 17.1 Å². The molecule has 19 heteroatoms. The molecule has 0 aliphatic rings. The summed E-state index contributed by atoms with van der Waals surface area (Å²) in [4.78, 5) is 21.3. The van der Waals surface area contributed by atoms with Crippen molar-refractivity contribution in [3.05, 3.63) is 80.9 Å². The lowest BCUT2D eigenvalue weighted by Gasteiger charge is -2.05. The van der Waals surface area contributed by atoms with Gasteiger partial charge >= 0.3 is 5.82 Å². The van der Waals surface area contributed by atoms with Crippen molar-refractivity contribution in [1.82, 2.24) is 15.0 Å². The molecule has 1 heterocycles. The average Bonchev–Trinajstić information content (AvgIpc) is 3.32. The van der Waals surface area contributed by atoms with Crippen LogP contribution in [-0.2, 0) is 20.2 Å². The molecular weight excluding hydrogens is 564 g/mol. The predicted octanol–water partition coefficient (Wildman–Crippen LogP) is 1.53. The van der Waals surface area contributed by atoms with Gasteiger partial charge in [-0.15, -0.1) is 0 Å². The van der Waals surface area contributed by atoms with Crippen LogP contribution in [0.4, 0.5) is 11.4 Å². The second kappa shape index (κ2) is 9.79. The number of hydrogen-bond acceptors (Lipinski definition) is 11. The highest BCUT2D eigenvalue weighted by Crippen LogP contribution is 2.30. The lowest BCUT2D eigenvalue weighted by molar-refractivity contribution is -0.734. The summed E-state index contributed by atoms with van der Waals surface area (Å²) >= 11 is 0. The van der Waals surface area contributed by atoms with E-state index in [1.807, 2.05) is 0 Å². The van der Waals surface area contributed by atoms with Gasteiger partial charge in [0.2, 0.25) is 0 Å². The monoisotopic (exact) mass is 579 g/mol. The van der Waals surface area contributed by atoms with E-state index in [2.05, 4.69) is 10.2 Å². The lowest BCUT2D eigenvalue weighted by atomic mass is 10.2. The van der Waals surface area contributed by atoms with Gasteiger partial charge in [-0.1, -0.05) is 0 Å². The van der Waals surface area contributed by atoms with Crippen LogP contribution in [0.5, 0.6) is 5.75 Å². The van der Waals surface area contributed by atoms with Gasteiger partial charge in [0.25, 0.3) is 31.6 Å². The molecule has 202 valence electrons.